The van der Waals surface area contributed by atoms with Crippen molar-refractivity contribution in [2.24, 2.45) is 5.92 Å². The summed E-state index contributed by atoms with van der Waals surface area (Å²) in [4.78, 5) is 28.6. The van der Waals surface area contributed by atoms with Crippen LogP contribution in [0.15, 0.2) is 18.2 Å². The Hall–Kier alpha value is -1.91. The SMILES string of the molecule is Cc1ccc(C(=O)N2CCN(C(=O)CC3CCCCC3)CC2)cc1F. The second-order valence-electron chi connectivity index (χ2n) is 7.35. The van der Waals surface area contributed by atoms with Gasteiger partial charge in [-0.3, -0.25) is 9.59 Å². The van der Waals surface area contributed by atoms with Gasteiger partial charge in [0.25, 0.3) is 5.91 Å². The third kappa shape index (κ3) is 4.39. The molecule has 0 atom stereocenters. The highest BCUT2D eigenvalue weighted by atomic mass is 19.1. The zero-order chi connectivity index (χ0) is 17.8. The van der Waals surface area contributed by atoms with Crippen molar-refractivity contribution in [3.8, 4) is 0 Å². The number of benzene rings is 1. The van der Waals surface area contributed by atoms with Gasteiger partial charge in [-0.15, -0.1) is 0 Å². The monoisotopic (exact) mass is 346 g/mol. The molecule has 1 heterocycles. The van der Waals surface area contributed by atoms with Gasteiger partial charge in [0, 0.05) is 38.2 Å². The van der Waals surface area contributed by atoms with Gasteiger partial charge in [0.15, 0.2) is 0 Å². The first-order valence-electron chi connectivity index (χ1n) is 9.38. The van der Waals surface area contributed by atoms with Crippen molar-refractivity contribution in [2.45, 2.75) is 45.4 Å². The lowest BCUT2D eigenvalue weighted by molar-refractivity contribution is -0.133. The summed E-state index contributed by atoms with van der Waals surface area (Å²) in [5.41, 5.74) is 0.916. The van der Waals surface area contributed by atoms with Gasteiger partial charge in [-0.25, -0.2) is 4.39 Å². The van der Waals surface area contributed by atoms with Crippen LogP contribution in [0.25, 0.3) is 0 Å². The van der Waals surface area contributed by atoms with Crippen molar-refractivity contribution in [2.75, 3.05) is 26.2 Å². The van der Waals surface area contributed by atoms with E-state index in [1.165, 1.54) is 38.2 Å². The van der Waals surface area contributed by atoms with Gasteiger partial charge in [0.05, 0.1) is 0 Å². The summed E-state index contributed by atoms with van der Waals surface area (Å²) in [5, 5.41) is 0. The van der Waals surface area contributed by atoms with E-state index in [0.717, 1.165) is 0 Å². The Kier molecular flexibility index (Phi) is 5.71. The highest BCUT2D eigenvalue weighted by Crippen LogP contribution is 2.27. The molecule has 4 nitrogen and oxygen atoms in total. The Morgan fingerprint density at radius 3 is 2.32 bits per heavy atom. The first kappa shape index (κ1) is 17.9. The van der Waals surface area contributed by atoms with E-state index in [1.807, 2.05) is 4.90 Å². The Balaban J connectivity index is 1.51. The molecule has 1 aliphatic carbocycles. The van der Waals surface area contributed by atoms with E-state index in [0.29, 0.717) is 49.6 Å². The fourth-order valence-corrected chi connectivity index (χ4v) is 3.83. The molecule has 1 saturated heterocycles. The fraction of sp³-hybridized carbons (Fsp3) is 0.600. The maximum absolute atomic E-state index is 13.7. The molecule has 25 heavy (non-hydrogen) atoms. The Bertz CT molecular complexity index is 633. The summed E-state index contributed by atoms with van der Waals surface area (Å²) in [6, 6.07) is 4.60. The average molecular weight is 346 g/mol. The molecule has 0 spiro atoms. The predicted molar refractivity (Wildman–Crippen MR) is 94.8 cm³/mol. The van der Waals surface area contributed by atoms with Crippen LogP contribution in [0, 0.1) is 18.7 Å². The number of hydrogen-bond acceptors (Lipinski definition) is 2. The van der Waals surface area contributed by atoms with Crippen LogP contribution in [0.4, 0.5) is 4.39 Å². The van der Waals surface area contributed by atoms with Crippen LogP contribution in [-0.4, -0.2) is 47.8 Å². The molecule has 0 N–H and O–H groups in total. The van der Waals surface area contributed by atoms with Crippen molar-refractivity contribution >= 4 is 11.8 Å². The topological polar surface area (TPSA) is 40.6 Å². The molecule has 1 aromatic rings. The second kappa shape index (κ2) is 7.98. The van der Waals surface area contributed by atoms with Gasteiger partial charge in [0.2, 0.25) is 5.91 Å². The summed E-state index contributed by atoms with van der Waals surface area (Å²) in [6.07, 6.45) is 6.77. The van der Waals surface area contributed by atoms with E-state index >= 15 is 0 Å². The largest absolute Gasteiger partial charge is 0.339 e. The number of halogens is 1. The minimum absolute atomic E-state index is 0.154. The van der Waals surface area contributed by atoms with E-state index in [4.69, 9.17) is 0 Å². The van der Waals surface area contributed by atoms with Crippen molar-refractivity contribution in [3.63, 3.8) is 0 Å². The minimum atomic E-state index is -0.354. The fourth-order valence-electron chi connectivity index (χ4n) is 3.83. The quantitative estimate of drug-likeness (QED) is 0.842. The van der Waals surface area contributed by atoms with Crippen LogP contribution in [0.5, 0.6) is 0 Å². The molecular weight excluding hydrogens is 319 g/mol. The van der Waals surface area contributed by atoms with E-state index in [1.54, 1.807) is 24.0 Å². The number of piperazine rings is 1. The average Bonchev–Trinajstić information content (AvgIpc) is 2.64. The highest BCUT2D eigenvalue weighted by molar-refractivity contribution is 5.94. The molecule has 0 unspecified atom stereocenters. The van der Waals surface area contributed by atoms with Crippen LogP contribution in [0.3, 0.4) is 0 Å². The van der Waals surface area contributed by atoms with E-state index < -0.39 is 0 Å². The number of amides is 2. The van der Waals surface area contributed by atoms with Crippen LogP contribution in [0.2, 0.25) is 0 Å². The van der Waals surface area contributed by atoms with Crippen molar-refractivity contribution in [1.82, 2.24) is 9.80 Å². The number of nitrogens with zero attached hydrogens (tertiary/aromatic N) is 2. The molecule has 0 aromatic heterocycles. The van der Waals surface area contributed by atoms with Crippen molar-refractivity contribution < 1.29 is 14.0 Å². The molecule has 1 aliphatic heterocycles. The van der Waals surface area contributed by atoms with Crippen LogP contribution >= 0.6 is 0 Å². The molecule has 3 rings (SSSR count). The molecule has 0 bridgehead atoms. The molecule has 5 heteroatoms. The van der Waals surface area contributed by atoms with Gasteiger partial charge in [-0.05, 0) is 43.4 Å². The number of carbonyl (C=O) groups is 2. The molecule has 136 valence electrons. The van der Waals surface area contributed by atoms with E-state index in [2.05, 4.69) is 0 Å². The molecule has 2 fully saturated rings. The number of aryl methyl sites for hydroxylation is 1. The lowest BCUT2D eigenvalue weighted by Gasteiger charge is -2.35. The van der Waals surface area contributed by atoms with E-state index in [9.17, 15) is 14.0 Å². The molecule has 1 saturated carbocycles. The maximum atomic E-state index is 13.7. The number of rotatable bonds is 3. The minimum Gasteiger partial charge on any atom is -0.339 e. The molecule has 0 radical (unpaired) electrons. The first-order valence-corrected chi connectivity index (χ1v) is 9.38. The standard InChI is InChI=1S/C20H27FN2O2/c1-15-7-8-17(14-18(15)21)20(25)23-11-9-22(10-12-23)19(24)13-16-5-3-2-4-6-16/h7-8,14,16H,2-6,9-13H2,1H3. The summed E-state index contributed by atoms with van der Waals surface area (Å²) in [6.45, 7) is 3.87. The van der Waals surface area contributed by atoms with Crippen molar-refractivity contribution in [1.29, 1.82) is 0 Å². The molecule has 2 amide bonds. The summed E-state index contributed by atoms with van der Waals surface area (Å²) >= 11 is 0. The third-order valence-corrected chi connectivity index (χ3v) is 5.53. The summed E-state index contributed by atoms with van der Waals surface area (Å²) in [5.74, 6) is 0.252. The lowest BCUT2D eigenvalue weighted by atomic mass is 9.86. The zero-order valence-corrected chi connectivity index (χ0v) is 15.0. The zero-order valence-electron chi connectivity index (χ0n) is 15.0. The van der Waals surface area contributed by atoms with Gasteiger partial charge in [-0.2, -0.15) is 0 Å². The van der Waals surface area contributed by atoms with Gasteiger partial charge >= 0.3 is 0 Å². The Morgan fingerprint density at radius 1 is 1.04 bits per heavy atom. The van der Waals surface area contributed by atoms with Crippen LogP contribution in [-0.2, 0) is 4.79 Å². The predicted octanol–water partition coefficient (Wildman–Crippen LogP) is 3.39. The third-order valence-electron chi connectivity index (χ3n) is 5.53. The molecule has 2 aliphatic rings. The lowest BCUT2D eigenvalue weighted by Crippen LogP contribution is -2.50. The second-order valence-corrected chi connectivity index (χ2v) is 7.35. The normalized spacial score (nSPS) is 19.1. The molecule has 1 aromatic carbocycles. The summed E-state index contributed by atoms with van der Waals surface area (Å²) in [7, 11) is 0. The van der Waals surface area contributed by atoms with Gasteiger partial charge in [0.1, 0.15) is 5.82 Å². The molecular formula is C20H27FN2O2. The summed E-state index contributed by atoms with van der Waals surface area (Å²) < 4.78 is 13.7. The Labute approximate surface area is 149 Å². The number of hydrogen-bond donors (Lipinski definition) is 0. The van der Waals surface area contributed by atoms with Crippen molar-refractivity contribution in [3.05, 3.63) is 35.1 Å². The highest BCUT2D eigenvalue weighted by Gasteiger charge is 2.27. The number of carbonyl (C=O) groups excluding carboxylic acids is 2. The van der Waals surface area contributed by atoms with Crippen LogP contribution < -0.4 is 0 Å². The van der Waals surface area contributed by atoms with Crippen LogP contribution in [0.1, 0.15) is 54.4 Å². The smallest absolute Gasteiger partial charge is 0.254 e. The maximum Gasteiger partial charge on any atom is 0.254 e. The Morgan fingerprint density at radius 2 is 1.68 bits per heavy atom. The van der Waals surface area contributed by atoms with E-state index in [-0.39, 0.29) is 17.6 Å². The van der Waals surface area contributed by atoms with Gasteiger partial charge in [-0.1, -0.05) is 25.3 Å². The van der Waals surface area contributed by atoms with Gasteiger partial charge < -0.3 is 9.80 Å². The first-order chi connectivity index (χ1) is 12.0.